The first kappa shape index (κ1) is 17.8. The van der Waals surface area contributed by atoms with Crippen molar-refractivity contribution >= 4 is 5.91 Å². The lowest BCUT2D eigenvalue weighted by Crippen LogP contribution is -2.30. The molecule has 0 aliphatic carbocycles. The van der Waals surface area contributed by atoms with Gasteiger partial charge in [-0.05, 0) is 42.0 Å². The van der Waals surface area contributed by atoms with Crippen molar-refractivity contribution in [3.8, 4) is 11.5 Å². The summed E-state index contributed by atoms with van der Waals surface area (Å²) in [6.07, 6.45) is 0. The minimum atomic E-state index is -0.0358. The molecule has 1 amide bonds. The first-order valence-corrected chi connectivity index (χ1v) is 7.74. The third-order valence-corrected chi connectivity index (χ3v) is 3.59. The fraction of sp³-hybridized carbons (Fsp3) is 0.316. The second kappa shape index (κ2) is 8.93. The van der Waals surface area contributed by atoms with Gasteiger partial charge in [-0.2, -0.15) is 0 Å². The molecule has 5 heteroatoms. The molecule has 0 saturated carbocycles. The molecule has 0 unspecified atom stereocenters. The molecule has 0 N–H and O–H groups in total. The van der Waals surface area contributed by atoms with Crippen LogP contribution < -0.4 is 9.47 Å². The number of amides is 1. The summed E-state index contributed by atoms with van der Waals surface area (Å²) in [7, 11) is 5.03. The van der Waals surface area contributed by atoms with Crippen molar-refractivity contribution < 1.29 is 19.0 Å². The van der Waals surface area contributed by atoms with E-state index in [9.17, 15) is 4.79 Å². The van der Waals surface area contributed by atoms with Crippen molar-refractivity contribution in [1.82, 2.24) is 4.90 Å². The quantitative estimate of drug-likeness (QED) is 0.747. The van der Waals surface area contributed by atoms with E-state index in [4.69, 9.17) is 14.2 Å². The number of hydrogen-bond acceptors (Lipinski definition) is 4. The minimum Gasteiger partial charge on any atom is -0.497 e. The van der Waals surface area contributed by atoms with Crippen LogP contribution in [0.5, 0.6) is 11.5 Å². The maximum Gasteiger partial charge on any atom is 0.253 e. The Morgan fingerprint density at radius 2 is 1.75 bits per heavy atom. The van der Waals surface area contributed by atoms with Gasteiger partial charge in [-0.25, -0.2) is 0 Å². The van der Waals surface area contributed by atoms with Crippen LogP contribution in [0, 0.1) is 0 Å². The van der Waals surface area contributed by atoms with Crippen molar-refractivity contribution in [3.63, 3.8) is 0 Å². The number of likely N-dealkylation sites (N-methyl/N-ethyl adjacent to an activating group) is 1. The SMILES string of the molecule is COCc1cccc(C(=O)N(C)CCOc2ccc(OC)cc2)c1. The van der Waals surface area contributed by atoms with E-state index in [-0.39, 0.29) is 5.91 Å². The molecule has 128 valence electrons. The normalized spacial score (nSPS) is 10.3. The Morgan fingerprint density at radius 1 is 1.04 bits per heavy atom. The van der Waals surface area contributed by atoms with Crippen LogP contribution in [0.25, 0.3) is 0 Å². The van der Waals surface area contributed by atoms with E-state index < -0.39 is 0 Å². The van der Waals surface area contributed by atoms with Gasteiger partial charge >= 0.3 is 0 Å². The van der Waals surface area contributed by atoms with Gasteiger partial charge < -0.3 is 19.1 Å². The maximum atomic E-state index is 12.4. The van der Waals surface area contributed by atoms with Crippen LogP contribution in [0.15, 0.2) is 48.5 Å². The van der Waals surface area contributed by atoms with Crippen molar-refractivity contribution in [3.05, 3.63) is 59.7 Å². The average molecular weight is 329 g/mol. The van der Waals surface area contributed by atoms with Gasteiger partial charge in [0.15, 0.2) is 0 Å². The average Bonchev–Trinajstić information content (AvgIpc) is 2.62. The molecular formula is C19H23NO4. The van der Waals surface area contributed by atoms with Gasteiger partial charge in [0.25, 0.3) is 5.91 Å². The van der Waals surface area contributed by atoms with Crippen LogP contribution in [0.4, 0.5) is 0 Å². The van der Waals surface area contributed by atoms with Gasteiger partial charge in [-0.3, -0.25) is 4.79 Å². The maximum absolute atomic E-state index is 12.4. The predicted octanol–water partition coefficient (Wildman–Crippen LogP) is 2.99. The Bertz CT molecular complexity index is 655. The van der Waals surface area contributed by atoms with E-state index in [0.29, 0.717) is 25.3 Å². The standard InChI is InChI=1S/C19H23NO4/c1-20(11-12-24-18-9-7-17(23-3)8-10-18)19(21)16-6-4-5-15(13-16)14-22-2/h4-10,13H,11-12,14H2,1-3H3. The number of ether oxygens (including phenoxy) is 3. The summed E-state index contributed by atoms with van der Waals surface area (Å²) in [6.45, 7) is 1.41. The highest BCUT2D eigenvalue weighted by Gasteiger charge is 2.12. The molecule has 0 aliphatic heterocycles. The van der Waals surface area contributed by atoms with Crippen LogP contribution in [0.1, 0.15) is 15.9 Å². The van der Waals surface area contributed by atoms with Crippen LogP contribution in [-0.4, -0.2) is 45.2 Å². The summed E-state index contributed by atoms with van der Waals surface area (Å²) >= 11 is 0. The molecular weight excluding hydrogens is 306 g/mol. The third kappa shape index (κ3) is 4.99. The molecule has 2 rings (SSSR count). The number of carbonyl (C=O) groups is 1. The molecule has 24 heavy (non-hydrogen) atoms. The van der Waals surface area contributed by atoms with Crippen LogP contribution in [-0.2, 0) is 11.3 Å². The van der Waals surface area contributed by atoms with Gasteiger partial charge in [0.1, 0.15) is 18.1 Å². The Balaban J connectivity index is 1.85. The summed E-state index contributed by atoms with van der Waals surface area (Å²) in [4.78, 5) is 14.1. The topological polar surface area (TPSA) is 48.0 Å². The Morgan fingerprint density at radius 3 is 2.42 bits per heavy atom. The number of nitrogens with zero attached hydrogens (tertiary/aromatic N) is 1. The van der Waals surface area contributed by atoms with E-state index >= 15 is 0 Å². The van der Waals surface area contributed by atoms with Gasteiger partial charge in [-0.15, -0.1) is 0 Å². The number of carbonyl (C=O) groups excluding carboxylic acids is 1. The zero-order valence-electron chi connectivity index (χ0n) is 14.3. The molecule has 0 bridgehead atoms. The van der Waals surface area contributed by atoms with Crippen molar-refractivity contribution in [2.45, 2.75) is 6.61 Å². The summed E-state index contributed by atoms with van der Waals surface area (Å²) in [5, 5.41) is 0. The highest BCUT2D eigenvalue weighted by molar-refractivity contribution is 5.94. The molecule has 0 aromatic heterocycles. The van der Waals surface area contributed by atoms with Gasteiger partial charge in [-0.1, -0.05) is 12.1 Å². The van der Waals surface area contributed by atoms with Crippen LogP contribution in [0.2, 0.25) is 0 Å². The predicted molar refractivity (Wildman–Crippen MR) is 92.6 cm³/mol. The van der Waals surface area contributed by atoms with E-state index in [1.807, 2.05) is 48.5 Å². The third-order valence-electron chi connectivity index (χ3n) is 3.59. The van der Waals surface area contributed by atoms with Gasteiger partial charge in [0.05, 0.1) is 20.3 Å². The summed E-state index contributed by atoms with van der Waals surface area (Å²) in [5.74, 6) is 1.50. The molecule has 0 radical (unpaired) electrons. The van der Waals surface area contributed by atoms with E-state index in [0.717, 1.165) is 17.1 Å². The molecule has 0 fully saturated rings. The molecule has 0 saturated heterocycles. The molecule has 2 aromatic rings. The monoisotopic (exact) mass is 329 g/mol. The largest absolute Gasteiger partial charge is 0.497 e. The number of rotatable bonds is 8. The molecule has 0 heterocycles. The molecule has 0 spiro atoms. The van der Waals surface area contributed by atoms with Crippen molar-refractivity contribution in [2.75, 3.05) is 34.4 Å². The fourth-order valence-electron chi connectivity index (χ4n) is 2.26. The fourth-order valence-corrected chi connectivity index (χ4v) is 2.26. The molecule has 5 nitrogen and oxygen atoms in total. The molecule has 0 aliphatic rings. The Kier molecular flexibility index (Phi) is 6.63. The summed E-state index contributed by atoms with van der Waals surface area (Å²) in [6, 6.07) is 14.8. The number of benzene rings is 2. The molecule has 2 aromatic carbocycles. The van der Waals surface area contributed by atoms with E-state index in [1.54, 1.807) is 26.2 Å². The highest BCUT2D eigenvalue weighted by atomic mass is 16.5. The Hall–Kier alpha value is -2.53. The van der Waals surface area contributed by atoms with Crippen molar-refractivity contribution in [2.24, 2.45) is 0 Å². The lowest BCUT2D eigenvalue weighted by molar-refractivity contribution is 0.0773. The van der Waals surface area contributed by atoms with Gasteiger partial charge in [0, 0.05) is 19.7 Å². The zero-order chi connectivity index (χ0) is 17.4. The lowest BCUT2D eigenvalue weighted by Gasteiger charge is -2.18. The van der Waals surface area contributed by atoms with Crippen LogP contribution in [0.3, 0.4) is 0 Å². The first-order chi connectivity index (χ1) is 11.6. The smallest absolute Gasteiger partial charge is 0.253 e. The van der Waals surface area contributed by atoms with Crippen molar-refractivity contribution in [1.29, 1.82) is 0 Å². The minimum absolute atomic E-state index is 0.0358. The second-order valence-electron chi connectivity index (χ2n) is 5.38. The number of hydrogen-bond donors (Lipinski definition) is 0. The van der Waals surface area contributed by atoms with Crippen LogP contribution >= 0.6 is 0 Å². The summed E-state index contributed by atoms with van der Waals surface area (Å²) < 4.78 is 15.9. The summed E-state index contributed by atoms with van der Waals surface area (Å²) in [5.41, 5.74) is 1.63. The number of methoxy groups -OCH3 is 2. The lowest BCUT2D eigenvalue weighted by atomic mass is 10.1. The highest BCUT2D eigenvalue weighted by Crippen LogP contribution is 2.17. The first-order valence-electron chi connectivity index (χ1n) is 7.74. The van der Waals surface area contributed by atoms with E-state index in [2.05, 4.69) is 0 Å². The molecule has 0 atom stereocenters. The van der Waals surface area contributed by atoms with E-state index in [1.165, 1.54) is 0 Å². The zero-order valence-corrected chi connectivity index (χ0v) is 14.3. The Labute approximate surface area is 142 Å². The second-order valence-corrected chi connectivity index (χ2v) is 5.38. The van der Waals surface area contributed by atoms with Gasteiger partial charge in [0.2, 0.25) is 0 Å².